The van der Waals surface area contributed by atoms with E-state index in [1.165, 1.54) is 55.2 Å². The summed E-state index contributed by atoms with van der Waals surface area (Å²) in [5, 5.41) is 42.8. The summed E-state index contributed by atoms with van der Waals surface area (Å²) in [7, 11) is 10.1. The van der Waals surface area contributed by atoms with E-state index in [0.717, 1.165) is 25.9 Å². The number of halogens is 9. The second-order valence-electron chi connectivity index (χ2n) is 18.5. The maximum atomic E-state index is 13.2. The maximum absolute atomic E-state index is 13.2. The molecule has 41 heteroatoms. The Kier molecular flexibility index (Phi) is 29.3. The van der Waals surface area contributed by atoms with Gasteiger partial charge in [-0.1, -0.05) is 0 Å². The fourth-order valence-corrected chi connectivity index (χ4v) is 6.83. The molecule has 90 heavy (non-hydrogen) atoms. The highest BCUT2D eigenvalue weighted by atomic mass is 19.4. The molecule has 0 aliphatic rings. The third-order valence-electron chi connectivity index (χ3n) is 11.1. The molecule has 0 aliphatic heterocycles. The van der Waals surface area contributed by atoms with Gasteiger partial charge in [-0.2, -0.15) is 39.5 Å². The molecule has 5 rings (SSSR count). The molecule has 0 saturated heterocycles. The number of hydrogen-bond donors (Lipinski definition) is 12. The van der Waals surface area contributed by atoms with Crippen LogP contribution in [0.15, 0.2) is 49.3 Å². The number of aryl methyl sites for hydroxylation is 5. The average Bonchev–Trinajstić information content (AvgIpc) is 1.80. The molecule has 496 valence electrons. The first kappa shape index (κ1) is 75.7. The Balaban J connectivity index is 0.00000112. The molecule has 0 atom stereocenters. The summed E-state index contributed by atoms with van der Waals surface area (Å²) in [4.78, 5) is 143. The molecule has 0 radical (unpaired) electrons. The Morgan fingerprint density at radius 3 is 1.22 bits per heavy atom. The number of nitrogens with two attached hydrogens (primary N) is 1. The van der Waals surface area contributed by atoms with Crippen molar-refractivity contribution in [2.75, 3.05) is 74.1 Å². The minimum absolute atomic E-state index is 0.0169. The number of hydrogen-bond acceptors (Lipinski definition) is 16. The van der Waals surface area contributed by atoms with Gasteiger partial charge in [-0.25, -0.2) is 29.3 Å². The molecule has 0 saturated carbocycles. The van der Waals surface area contributed by atoms with Crippen molar-refractivity contribution in [1.82, 2.24) is 64.0 Å². The van der Waals surface area contributed by atoms with Crippen LogP contribution in [0.1, 0.15) is 84.9 Å². The molecule has 5 aromatic rings. The van der Waals surface area contributed by atoms with E-state index < -0.39 is 77.8 Å². The molecule has 5 heterocycles. The van der Waals surface area contributed by atoms with Gasteiger partial charge in [0.1, 0.15) is 11.4 Å². The van der Waals surface area contributed by atoms with Gasteiger partial charge in [-0.05, 0) is 51.7 Å². The Labute approximate surface area is 502 Å². The summed E-state index contributed by atoms with van der Waals surface area (Å²) >= 11 is 0. The van der Waals surface area contributed by atoms with Crippen LogP contribution in [0.25, 0.3) is 0 Å². The van der Waals surface area contributed by atoms with Gasteiger partial charge >= 0.3 is 36.4 Å². The third-order valence-corrected chi connectivity index (χ3v) is 11.1. The number of carboxylic acids is 3. The number of carboxylic acid groups (broad SMARTS) is 3. The van der Waals surface area contributed by atoms with Gasteiger partial charge in [-0.15, -0.1) is 0 Å². The predicted octanol–water partition coefficient (Wildman–Crippen LogP) is 1.39. The van der Waals surface area contributed by atoms with E-state index in [1.807, 2.05) is 7.05 Å². The standard InChI is InChI=1S/C43H60N18O8.3C2HF3O2/c1-56(18-7-12-44)19-8-13-45-33(62)9-14-49-41(67)37-54-31(25-60(37)5)52-34(63)10-15-48-40(66)30-22-28(24-59(30)4)51-43(69)38-55-32(26-61(38)6)53-35(64)11-16-47-39(65)29-21-27(23-58(29)3)50-42(68)36-46-17-20-57(36)2;3*3-2(4,5)1(6)7/h17,20-26H,7-16,18-19,44H2,1-6H3,(H,45,62)(H,47,65)(H,48,66)(H,49,67)(H,50,68)(H,51,69)(H,52,63)(H,53,64);3*(H,6,7). The second kappa shape index (κ2) is 34.9. The fourth-order valence-electron chi connectivity index (χ4n) is 6.83. The summed E-state index contributed by atoms with van der Waals surface area (Å²) in [6.07, 6.45) is -4.54. The van der Waals surface area contributed by atoms with E-state index >= 15 is 0 Å². The number of rotatable bonds is 25. The van der Waals surface area contributed by atoms with Gasteiger partial charge < -0.3 is 91.3 Å². The van der Waals surface area contributed by atoms with Crippen LogP contribution in [-0.4, -0.2) is 195 Å². The van der Waals surface area contributed by atoms with E-state index in [0.29, 0.717) is 18.8 Å². The topological polar surface area (TPSA) is 437 Å². The smallest absolute Gasteiger partial charge is 0.475 e. The first-order chi connectivity index (χ1) is 41.7. The molecule has 8 amide bonds. The molecule has 0 bridgehead atoms. The highest BCUT2D eigenvalue weighted by Crippen LogP contribution is 2.18. The minimum atomic E-state index is -5.08. The summed E-state index contributed by atoms with van der Waals surface area (Å²) in [5.41, 5.74) is 6.64. The van der Waals surface area contributed by atoms with Gasteiger partial charge in [0.15, 0.2) is 17.5 Å². The Morgan fingerprint density at radius 2 is 0.844 bits per heavy atom. The zero-order valence-corrected chi connectivity index (χ0v) is 48.4. The van der Waals surface area contributed by atoms with Gasteiger partial charge in [0, 0.05) is 118 Å². The van der Waals surface area contributed by atoms with E-state index in [2.05, 4.69) is 62.4 Å². The zero-order chi connectivity index (χ0) is 68.4. The summed E-state index contributed by atoms with van der Waals surface area (Å²) in [6, 6.07) is 2.95. The van der Waals surface area contributed by atoms with Crippen molar-refractivity contribution in [3.05, 3.63) is 78.2 Å². The SMILES string of the molecule is CN(CCCN)CCCNC(=O)CCNC(=O)c1nc(NC(=O)CCNC(=O)c2cc(NC(=O)c3nc(NC(=O)CCNC(=O)c4cc(NC(=O)c5nccn5C)cn4C)cn3C)cn2C)cn1C.O=C(O)C(F)(F)F.O=C(O)C(F)(F)F.O=C(O)C(F)(F)F. The lowest BCUT2D eigenvalue weighted by Crippen LogP contribution is -2.33. The second-order valence-corrected chi connectivity index (χ2v) is 18.5. The number of nitrogens with zero attached hydrogens (tertiary/aromatic N) is 9. The monoisotopic (exact) mass is 1300 g/mol. The number of anilines is 4. The molecule has 0 unspecified atom stereocenters. The lowest BCUT2D eigenvalue weighted by molar-refractivity contribution is -0.193. The van der Waals surface area contributed by atoms with Crippen molar-refractivity contribution in [2.24, 2.45) is 41.0 Å². The van der Waals surface area contributed by atoms with Crippen molar-refractivity contribution in [1.29, 1.82) is 0 Å². The van der Waals surface area contributed by atoms with Crippen LogP contribution in [0.5, 0.6) is 0 Å². The van der Waals surface area contributed by atoms with Crippen molar-refractivity contribution in [3.8, 4) is 0 Å². The van der Waals surface area contributed by atoms with E-state index in [-0.39, 0.29) is 91.0 Å². The maximum Gasteiger partial charge on any atom is 0.490 e. The van der Waals surface area contributed by atoms with Gasteiger partial charge in [0.2, 0.25) is 29.4 Å². The number of carbonyl (C=O) groups is 11. The highest BCUT2D eigenvalue weighted by molar-refractivity contribution is 6.05. The molecular weight excluding hydrogens is 1240 g/mol. The van der Waals surface area contributed by atoms with Crippen LogP contribution in [0.3, 0.4) is 0 Å². The summed E-state index contributed by atoms with van der Waals surface area (Å²) in [5.74, 6) is -11.5. The molecule has 0 aliphatic carbocycles. The molecular formula is C49H63F9N18O14. The third kappa shape index (κ3) is 26.7. The number of aliphatic carboxylic acids is 3. The fraction of sp³-hybridized carbons (Fsp3) is 0.429. The highest BCUT2D eigenvalue weighted by Gasteiger charge is 2.39. The first-order valence-corrected chi connectivity index (χ1v) is 25.7. The predicted molar refractivity (Wildman–Crippen MR) is 294 cm³/mol. The molecule has 32 nitrogen and oxygen atoms in total. The number of carbonyl (C=O) groups excluding carboxylic acids is 8. The average molecular weight is 1300 g/mol. The molecule has 5 aromatic heterocycles. The number of imidazole rings is 3. The Morgan fingerprint density at radius 1 is 0.478 bits per heavy atom. The molecule has 0 aromatic carbocycles. The van der Waals surface area contributed by atoms with Gasteiger partial charge in [-0.3, -0.25) is 38.4 Å². The van der Waals surface area contributed by atoms with Crippen molar-refractivity contribution >= 4 is 88.2 Å². The lowest BCUT2D eigenvalue weighted by Gasteiger charge is -2.15. The molecule has 0 fully saturated rings. The van der Waals surface area contributed by atoms with E-state index in [1.54, 1.807) is 52.2 Å². The lowest BCUT2D eigenvalue weighted by atomic mass is 10.3. The van der Waals surface area contributed by atoms with Crippen LogP contribution < -0.4 is 48.3 Å². The largest absolute Gasteiger partial charge is 0.490 e. The van der Waals surface area contributed by atoms with Crippen molar-refractivity contribution < 1.29 is 108 Å². The number of aromatic nitrogens is 8. The van der Waals surface area contributed by atoms with Crippen LogP contribution in [0, 0.1) is 0 Å². The van der Waals surface area contributed by atoms with Crippen molar-refractivity contribution in [3.63, 3.8) is 0 Å². The minimum Gasteiger partial charge on any atom is -0.475 e. The van der Waals surface area contributed by atoms with E-state index in [9.17, 15) is 77.9 Å². The van der Waals surface area contributed by atoms with Crippen LogP contribution in [0.2, 0.25) is 0 Å². The van der Waals surface area contributed by atoms with Crippen molar-refractivity contribution in [2.45, 2.75) is 50.6 Å². The Hall–Kier alpha value is -10.4. The van der Waals surface area contributed by atoms with Gasteiger partial charge in [0.05, 0.1) is 11.4 Å². The Bertz CT molecular complexity index is 3270. The quantitative estimate of drug-likeness (QED) is 0.0290. The summed E-state index contributed by atoms with van der Waals surface area (Å²) in [6.45, 7) is 2.93. The normalized spacial score (nSPS) is 11.0. The zero-order valence-electron chi connectivity index (χ0n) is 48.4. The number of alkyl halides is 9. The number of nitrogens with one attached hydrogen (secondary N) is 8. The molecule has 0 spiro atoms. The van der Waals surface area contributed by atoms with Gasteiger partial charge in [0.25, 0.3) is 29.5 Å². The van der Waals surface area contributed by atoms with Crippen LogP contribution >= 0.6 is 0 Å². The summed E-state index contributed by atoms with van der Waals surface area (Å²) < 4.78 is 103. The van der Waals surface area contributed by atoms with Crippen LogP contribution in [0.4, 0.5) is 62.5 Å². The first-order valence-electron chi connectivity index (χ1n) is 25.7. The number of amides is 8. The molecule has 13 N–H and O–H groups in total. The van der Waals surface area contributed by atoms with E-state index in [4.69, 9.17) is 35.4 Å². The van der Waals surface area contributed by atoms with Crippen LogP contribution in [-0.2, 0) is 64.0 Å².